The van der Waals surface area contributed by atoms with Crippen LogP contribution in [0, 0.1) is 5.92 Å². The van der Waals surface area contributed by atoms with E-state index >= 15 is 0 Å². The molecule has 0 spiro atoms. The second-order valence-electron chi connectivity index (χ2n) is 9.04. The van der Waals surface area contributed by atoms with Crippen LogP contribution in [0.1, 0.15) is 83.6 Å². The lowest BCUT2D eigenvalue weighted by molar-refractivity contribution is -0.145. The number of nitrogens with two attached hydrogens (primary N) is 1. The second-order valence-corrected chi connectivity index (χ2v) is 9.04. The Kier molecular flexibility index (Phi) is 9.05. The molecule has 3 atom stereocenters. The predicted molar refractivity (Wildman–Crippen MR) is 128 cm³/mol. The van der Waals surface area contributed by atoms with E-state index in [-0.39, 0.29) is 36.0 Å². The molecule has 2 heterocycles. The van der Waals surface area contributed by atoms with E-state index in [4.69, 9.17) is 10.5 Å². The highest BCUT2D eigenvalue weighted by atomic mass is 16.5. The van der Waals surface area contributed by atoms with Crippen LogP contribution in [0.5, 0.6) is 0 Å². The number of rotatable bonds is 13. The van der Waals surface area contributed by atoms with Crippen molar-refractivity contribution in [1.82, 2.24) is 19.5 Å². The van der Waals surface area contributed by atoms with E-state index in [9.17, 15) is 14.7 Å². The van der Waals surface area contributed by atoms with Crippen molar-refractivity contribution in [3.8, 4) is 0 Å². The van der Waals surface area contributed by atoms with E-state index in [0.29, 0.717) is 18.5 Å². The first-order valence-electron chi connectivity index (χ1n) is 12.2. The third-order valence-corrected chi connectivity index (χ3v) is 6.53. The number of nitrogens with zero attached hydrogens (tertiary/aromatic N) is 3. The van der Waals surface area contributed by atoms with Crippen molar-refractivity contribution in [3.63, 3.8) is 0 Å². The number of carbonyl (C=O) groups is 1. The van der Waals surface area contributed by atoms with Crippen LogP contribution in [-0.4, -0.2) is 43.3 Å². The second kappa shape index (κ2) is 12.0. The van der Waals surface area contributed by atoms with Gasteiger partial charge < -0.3 is 20.1 Å². The van der Waals surface area contributed by atoms with Crippen molar-refractivity contribution >= 4 is 23.1 Å². The summed E-state index contributed by atoms with van der Waals surface area (Å²) in [5.74, 6) is -0.616. The molecule has 0 radical (unpaired) electrons. The number of nitrogen functional groups attached to an aromatic ring is 1. The van der Waals surface area contributed by atoms with Gasteiger partial charge in [-0.25, -0.2) is 4.98 Å². The predicted octanol–water partition coefficient (Wildman–Crippen LogP) is 3.64. The number of aromatic nitrogens is 4. The van der Waals surface area contributed by atoms with Crippen molar-refractivity contribution in [2.24, 2.45) is 5.92 Å². The molecule has 4 N–H and O–H groups in total. The van der Waals surface area contributed by atoms with E-state index in [1.54, 1.807) is 4.57 Å². The van der Waals surface area contributed by atoms with Crippen molar-refractivity contribution in [2.75, 3.05) is 12.3 Å². The topological polar surface area (TPSA) is 136 Å². The van der Waals surface area contributed by atoms with Gasteiger partial charge in [0, 0.05) is 12.3 Å². The van der Waals surface area contributed by atoms with Crippen molar-refractivity contribution in [1.29, 1.82) is 0 Å². The third-order valence-electron chi connectivity index (χ3n) is 6.53. The van der Waals surface area contributed by atoms with E-state index in [1.807, 2.05) is 0 Å². The number of esters is 1. The fraction of sp³-hybridized carbons (Fsp3) is 0.667. The normalized spacial score (nSPS) is 20.5. The van der Waals surface area contributed by atoms with Crippen LogP contribution in [0.3, 0.4) is 0 Å². The number of fused-ring (bicyclic) bond motifs is 1. The fourth-order valence-corrected chi connectivity index (χ4v) is 4.55. The number of hydrogen-bond acceptors (Lipinski definition) is 7. The molecule has 1 aliphatic rings. The monoisotopic (exact) mass is 459 g/mol. The van der Waals surface area contributed by atoms with Gasteiger partial charge in [-0.3, -0.25) is 14.6 Å². The van der Waals surface area contributed by atoms with E-state index in [2.05, 4.69) is 28.5 Å². The molecular weight excluding hydrogens is 422 g/mol. The molecule has 2 aromatic rings. The zero-order valence-corrected chi connectivity index (χ0v) is 19.6. The van der Waals surface area contributed by atoms with Gasteiger partial charge in [0.1, 0.15) is 6.61 Å². The summed E-state index contributed by atoms with van der Waals surface area (Å²) in [6.45, 7) is 6.45. The SMILES string of the molecule is C=C1[C@H](COC(=O)CCCCCCCCCCC)[C@@H](O)C[C@@H]1n1cnc2c(=O)[nH]c(N)nc21. The molecule has 33 heavy (non-hydrogen) atoms. The minimum atomic E-state index is -0.709. The van der Waals surface area contributed by atoms with Crippen LogP contribution in [0.2, 0.25) is 0 Å². The Morgan fingerprint density at radius 3 is 2.61 bits per heavy atom. The Morgan fingerprint density at radius 2 is 1.91 bits per heavy atom. The van der Waals surface area contributed by atoms with Gasteiger partial charge in [-0.1, -0.05) is 64.9 Å². The Labute approximate surface area is 194 Å². The number of carbonyl (C=O) groups excluding carboxylic acids is 1. The molecule has 1 aliphatic carbocycles. The quantitative estimate of drug-likeness (QED) is 0.236. The van der Waals surface area contributed by atoms with Crippen molar-refractivity contribution in [3.05, 3.63) is 28.8 Å². The van der Waals surface area contributed by atoms with Crippen molar-refractivity contribution in [2.45, 2.75) is 89.7 Å². The zero-order valence-electron chi connectivity index (χ0n) is 19.6. The van der Waals surface area contributed by atoms with Crippen LogP contribution < -0.4 is 11.3 Å². The number of anilines is 1. The molecule has 0 aromatic carbocycles. The molecule has 0 unspecified atom stereocenters. The van der Waals surface area contributed by atoms with Gasteiger partial charge in [0.15, 0.2) is 11.2 Å². The first-order chi connectivity index (χ1) is 15.9. The average Bonchev–Trinajstić information content (AvgIpc) is 3.31. The first-order valence-corrected chi connectivity index (χ1v) is 12.2. The number of aliphatic hydroxyl groups is 1. The minimum absolute atomic E-state index is 0.000353. The summed E-state index contributed by atoms with van der Waals surface area (Å²) >= 11 is 0. The largest absolute Gasteiger partial charge is 0.465 e. The molecule has 0 saturated heterocycles. The Bertz CT molecular complexity index is 998. The van der Waals surface area contributed by atoms with Gasteiger partial charge in [0.2, 0.25) is 5.95 Å². The van der Waals surface area contributed by atoms with Gasteiger partial charge in [0.25, 0.3) is 5.56 Å². The Hall–Kier alpha value is -2.68. The lowest BCUT2D eigenvalue weighted by Crippen LogP contribution is -2.22. The zero-order chi connectivity index (χ0) is 23.8. The Morgan fingerprint density at radius 1 is 1.24 bits per heavy atom. The summed E-state index contributed by atoms with van der Waals surface area (Å²) in [5.41, 5.74) is 6.51. The maximum Gasteiger partial charge on any atom is 0.305 e. The van der Waals surface area contributed by atoms with Crippen LogP contribution in [0.15, 0.2) is 23.3 Å². The van der Waals surface area contributed by atoms with Gasteiger partial charge in [-0.15, -0.1) is 0 Å². The first kappa shape index (κ1) is 25.0. The summed E-state index contributed by atoms with van der Waals surface area (Å²) in [6.07, 6.45) is 12.3. The molecule has 1 saturated carbocycles. The van der Waals surface area contributed by atoms with Crippen LogP contribution in [0.4, 0.5) is 5.95 Å². The summed E-state index contributed by atoms with van der Waals surface area (Å²) in [5, 5.41) is 10.6. The number of imidazole rings is 1. The van der Waals surface area contributed by atoms with Crippen LogP contribution in [0.25, 0.3) is 11.2 Å². The maximum absolute atomic E-state index is 12.2. The summed E-state index contributed by atoms with van der Waals surface area (Å²) in [7, 11) is 0. The highest BCUT2D eigenvalue weighted by Crippen LogP contribution is 2.40. The van der Waals surface area contributed by atoms with Gasteiger partial charge in [0.05, 0.1) is 18.5 Å². The molecular formula is C24H37N5O4. The summed E-state index contributed by atoms with van der Waals surface area (Å²) in [6, 6.07) is -0.306. The van der Waals surface area contributed by atoms with Crippen LogP contribution in [-0.2, 0) is 9.53 Å². The molecule has 9 nitrogen and oxygen atoms in total. The summed E-state index contributed by atoms with van der Waals surface area (Å²) in [4.78, 5) is 34.9. The number of unbranched alkanes of at least 4 members (excludes halogenated alkanes) is 8. The van der Waals surface area contributed by atoms with E-state index in [1.165, 1.54) is 44.9 Å². The number of aliphatic hydroxyl groups excluding tert-OH is 1. The minimum Gasteiger partial charge on any atom is -0.465 e. The molecule has 0 aliphatic heterocycles. The highest BCUT2D eigenvalue weighted by Gasteiger charge is 2.39. The number of nitrogens with one attached hydrogen (secondary N) is 1. The van der Waals surface area contributed by atoms with Gasteiger partial charge >= 0.3 is 5.97 Å². The number of hydrogen-bond donors (Lipinski definition) is 3. The molecule has 1 fully saturated rings. The number of ether oxygens (including phenoxy) is 1. The molecule has 9 heteroatoms. The maximum atomic E-state index is 12.2. The average molecular weight is 460 g/mol. The molecule has 0 bridgehead atoms. The standard InChI is InChI=1S/C24H37N5O4/c1-3-4-5-6-7-8-9-10-11-12-20(31)33-14-17-16(2)18(13-19(17)30)29-15-26-21-22(29)27-24(25)28-23(21)32/h15,17-19,30H,2-14H2,1H3,(H3,25,27,28,32)/t17-,18-,19-/m0/s1. The van der Waals surface area contributed by atoms with Gasteiger partial charge in [-0.05, 0) is 18.4 Å². The lowest BCUT2D eigenvalue weighted by atomic mass is 10.0. The van der Waals surface area contributed by atoms with Crippen LogP contribution >= 0.6 is 0 Å². The van der Waals surface area contributed by atoms with E-state index < -0.39 is 11.7 Å². The molecule has 182 valence electrons. The molecule has 3 rings (SSSR count). The third kappa shape index (κ3) is 6.43. The fourth-order valence-electron chi connectivity index (χ4n) is 4.55. The van der Waals surface area contributed by atoms with Crippen molar-refractivity contribution < 1.29 is 14.6 Å². The van der Waals surface area contributed by atoms with E-state index in [0.717, 1.165) is 24.8 Å². The lowest BCUT2D eigenvalue weighted by Gasteiger charge is -2.17. The summed E-state index contributed by atoms with van der Waals surface area (Å²) < 4.78 is 7.16. The number of H-pyrrole nitrogens is 1. The molecule has 2 aromatic heterocycles. The van der Waals surface area contributed by atoms with Gasteiger partial charge in [-0.2, -0.15) is 4.98 Å². The molecule has 0 amide bonds. The smallest absolute Gasteiger partial charge is 0.305 e. The number of aromatic amines is 1. The Balaban J connectivity index is 1.43. The highest BCUT2D eigenvalue weighted by molar-refractivity contribution is 5.71.